The zero-order valence-electron chi connectivity index (χ0n) is 9.98. The van der Waals surface area contributed by atoms with Crippen LogP contribution in [0.5, 0.6) is 0 Å². The predicted octanol–water partition coefficient (Wildman–Crippen LogP) is 0.263. The van der Waals surface area contributed by atoms with Crippen LogP contribution in [0.25, 0.3) is 0 Å². The maximum absolute atomic E-state index is 12.2. The first-order chi connectivity index (χ1) is 9.24. The molecule has 2 amide bonds. The maximum atomic E-state index is 12.2. The number of anilines is 2. The van der Waals surface area contributed by atoms with Crippen LogP contribution in [0.4, 0.5) is 11.4 Å². The third-order valence-corrected chi connectivity index (χ3v) is 2.84. The minimum Gasteiger partial charge on any atom is -0.323 e. The third kappa shape index (κ3) is 2.17. The van der Waals surface area contributed by atoms with E-state index in [4.69, 9.17) is 0 Å². The van der Waals surface area contributed by atoms with Gasteiger partial charge in [0.05, 0.1) is 11.4 Å². The number of benzene rings is 1. The van der Waals surface area contributed by atoms with E-state index in [0.29, 0.717) is 11.4 Å². The zero-order chi connectivity index (χ0) is 13.2. The maximum Gasteiger partial charge on any atom is 0.249 e. The summed E-state index contributed by atoms with van der Waals surface area (Å²) in [5.41, 5.74) is 1.35. The topological polar surface area (TPSA) is 80.1 Å². The summed E-state index contributed by atoms with van der Waals surface area (Å²) < 4.78 is 1.43. The Morgan fingerprint density at radius 1 is 1.37 bits per heavy atom. The molecule has 0 radical (unpaired) electrons. The molecule has 2 aromatic rings. The van der Waals surface area contributed by atoms with Gasteiger partial charge in [0.1, 0.15) is 25.7 Å². The van der Waals surface area contributed by atoms with E-state index < -0.39 is 0 Å². The van der Waals surface area contributed by atoms with Crippen molar-refractivity contribution in [2.24, 2.45) is 0 Å². The van der Waals surface area contributed by atoms with Crippen LogP contribution in [0.1, 0.15) is 0 Å². The molecule has 0 spiro atoms. The first-order valence-electron chi connectivity index (χ1n) is 5.76. The lowest BCUT2D eigenvalue weighted by atomic mass is 10.2. The van der Waals surface area contributed by atoms with Crippen molar-refractivity contribution < 1.29 is 9.59 Å². The van der Waals surface area contributed by atoms with Gasteiger partial charge in [0, 0.05) is 0 Å². The second kappa shape index (κ2) is 4.52. The van der Waals surface area contributed by atoms with E-state index in [1.165, 1.54) is 22.2 Å². The molecule has 0 bridgehead atoms. The highest BCUT2D eigenvalue weighted by molar-refractivity contribution is 6.09. The minimum atomic E-state index is -0.203. The molecule has 2 heterocycles. The highest BCUT2D eigenvalue weighted by atomic mass is 16.2. The monoisotopic (exact) mass is 257 g/mol. The van der Waals surface area contributed by atoms with Gasteiger partial charge < -0.3 is 5.32 Å². The van der Waals surface area contributed by atoms with Crippen molar-refractivity contribution >= 4 is 23.2 Å². The molecule has 19 heavy (non-hydrogen) atoms. The average Bonchev–Trinajstić information content (AvgIpc) is 2.90. The van der Waals surface area contributed by atoms with Gasteiger partial charge >= 0.3 is 0 Å². The van der Waals surface area contributed by atoms with E-state index in [0.717, 1.165) is 0 Å². The van der Waals surface area contributed by atoms with Crippen molar-refractivity contribution in [3.63, 3.8) is 0 Å². The summed E-state index contributed by atoms with van der Waals surface area (Å²) in [6.07, 6.45) is 2.83. The largest absolute Gasteiger partial charge is 0.323 e. The number of carbonyl (C=O) groups is 2. The van der Waals surface area contributed by atoms with Crippen molar-refractivity contribution in [3.8, 4) is 0 Å². The number of aromatic nitrogens is 3. The summed E-state index contributed by atoms with van der Waals surface area (Å²) >= 11 is 0. The lowest BCUT2D eigenvalue weighted by molar-refractivity contribution is -0.122. The number of nitrogens with zero attached hydrogens (tertiary/aromatic N) is 4. The molecule has 1 aromatic heterocycles. The summed E-state index contributed by atoms with van der Waals surface area (Å²) in [5, 5.41) is 6.62. The molecule has 1 aliphatic heterocycles. The van der Waals surface area contributed by atoms with E-state index in [2.05, 4.69) is 15.4 Å². The number of para-hydroxylation sites is 2. The van der Waals surface area contributed by atoms with Crippen LogP contribution in [0, 0.1) is 0 Å². The fraction of sp³-hybridized carbons (Fsp3) is 0.167. The Balaban J connectivity index is 1.88. The molecule has 0 fully saturated rings. The van der Waals surface area contributed by atoms with Crippen molar-refractivity contribution in [2.75, 3.05) is 16.8 Å². The molecule has 7 nitrogen and oxygen atoms in total. The van der Waals surface area contributed by atoms with E-state index in [1.54, 1.807) is 12.1 Å². The Morgan fingerprint density at radius 2 is 2.21 bits per heavy atom. The molecule has 7 heteroatoms. The highest BCUT2D eigenvalue weighted by Gasteiger charge is 2.26. The van der Waals surface area contributed by atoms with Crippen LogP contribution in [0.2, 0.25) is 0 Å². The second-order valence-electron chi connectivity index (χ2n) is 4.14. The van der Waals surface area contributed by atoms with Gasteiger partial charge in [-0.3, -0.25) is 14.5 Å². The normalized spacial score (nSPS) is 13.9. The number of amides is 2. The van der Waals surface area contributed by atoms with E-state index >= 15 is 0 Å². The molecule has 0 atom stereocenters. The van der Waals surface area contributed by atoms with Gasteiger partial charge in [0.2, 0.25) is 11.8 Å². The summed E-state index contributed by atoms with van der Waals surface area (Å²) in [5.74, 6) is -0.404. The zero-order valence-corrected chi connectivity index (χ0v) is 9.98. The third-order valence-electron chi connectivity index (χ3n) is 2.84. The molecule has 1 aromatic carbocycles. The lowest BCUT2D eigenvalue weighted by Crippen LogP contribution is -2.43. The molecule has 0 saturated heterocycles. The summed E-state index contributed by atoms with van der Waals surface area (Å²) in [7, 11) is 0. The van der Waals surface area contributed by atoms with Crippen molar-refractivity contribution in [1.82, 2.24) is 14.8 Å². The number of rotatable bonds is 2. The Kier molecular flexibility index (Phi) is 2.71. The van der Waals surface area contributed by atoms with Crippen molar-refractivity contribution in [3.05, 3.63) is 36.9 Å². The second-order valence-corrected chi connectivity index (χ2v) is 4.14. The fourth-order valence-corrected chi connectivity index (χ4v) is 1.99. The average molecular weight is 257 g/mol. The van der Waals surface area contributed by atoms with Crippen LogP contribution < -0.4 is 10.2 Å². The Bertz CT molecular complexity index is 623. The summed E-state index contributed by atoms with van der Waals surface area (Å²) in [4.78, 5) is 29.1. The molecule has 96 valence electrons. The summed E-state index contributed by atoms with van der Waals surface area (Å²) in [6.45, 7) is 0.0756. The SMILES string of the molecule is O=C1CN(C(=O)Cn2cncn2)c2ccccc2N1. The molecule has 0 unspecified atom stereocenters. The van der Waals surface area contributed by atoms with Gasteiger partial charge in [-0.25, -0.2) is 9.67 Å². The minimum absolute atomic E-state index is 0.0184. The fourth-order valence-electron chi connectivity index (χ4n) is 1.99. The van der Waals surface area contributed by atoms with Crippen LogP contribution in [0.3, 0.4) is 0 Å². The quantitative estimate of drug-likeness (QED) is 0.837. The predicted molar refractivity (Wildman–Crippen MR) is 67.4 cm³/mol. The van der Waals surface area contributed by atoms with Gasteiger partial charge in [-0.05, 0) is 12.1 Å². The van der Waals surface area contributed by atoms with Crippen LogP contribution >= 0.6 is 0 Å². The molecular formula is C12H11N5O2. The highest BCUT2D eigenvalue weighted by Crippen LogP contribution is 2.28. The number of fused-ring (bicyclic) bond motifs is 1. The van der Waals surface area contributed by atoms with Gasteiger partial charge in [-0.15, -0.1) is 0 Å². The smallest absolute Gasteiger partial charge is 0.249 e. The number of hydrogen-bond donors (Lipinski definition) is 1. The van der Waals surface area contributed by atoms with Gasteiger partial charge in [-0.1, -0.05) is 12.1 Å². The van der Waals surface area contributed by atoms with Gasteiger partial charge in [0.15, 0.2) is 0 Å². The Labute approximate surface area is 108 Å². The number of carbonyl (C=O) groups excluding carboxylic acids is 2. The van der Waals surface area contributed by atoms with E-state index in [1.807, 2.05) is 12.1 Å². The van der Waals surface area contributed by atoms with E-state index in [-0.39, 0.29) is 24.9 Å². The van der Waals surface area contributed by atoms with Crippen LogP contribution in [0.15, 0.2) is 36.9 Å². The molecule has 1 N–H and O–H groups in total. The molecule has 0 aliphatic carbocycles. The van der Waals surface area contributed by atoms with Gasteiger partial charge in [-0.2, -0.15) is 5.10 Å². The lowest BCUT2D eigenvalue weighted by Gasteiger charge is -2.29. The molecule has 1 aliphatic rings. The first-order valence-corrected chi connectivity index (χ1v) is 5.76. The molecule has 3 rings (SSSR count). The van der Waals surface area contributed by atoms with Crippen LogP contribution in [-0.2, 0) is 16.1 Å². The van der Waals surface area contributed by atoms with Crippen LogP contribution in [-0.4, -0.2) is 33.1 Å². The van der Waals surface area contributed by atoms with Crippen molar-refractivity contribution in [2.45, 2.75) is 6.54 Å². The summed E-state index contributed by atoms with van der Waals surface area (Å²) in [6, 6.07) is 7.20. The number of nitrogens with one attached hydrogen (secondary N) is 1. The first kappa shape index (κ1) is 11.4. The Morgan fingerprint density at radius 3 is 3.00 bits per heavy atom. The number of hydrogen-bond acceptors (Lipinski definition) is 4. The molecule has 0 saturated carbocycles. The van der Waals surface area contributed by atoms with Gasteiger partial charge in [0.25, 0.3) is 0 Å². The molecular weight excluding hydrogens is 246 g/mol. The van der Waals surface area contributed by atoms with Crippen molar-refractivity contribution in [1.29, 1.82) is 0 Å². The standard InChI is InChI=1S/C12H11N5O2/c18-11-5-17(10-4-2-1-3-9(10)15-11)12(19)6-16-8-13-7-14-16/h1-4,7-8H,5-6H2,(H,15,18). The Hall–Kier alpha value is -2.70. The van der Waals surface area contributed by atoms with E-state index in [9.17, 15) is 9.59 Å².